The number of carbonyl (C=O) groups is 2. The molecule has 2 atom stereocenters. The fourth-order valence-electron chi connectivity index (χ4n) is 3.13. The van der Waals surface area contributed by atoms with Gasteiger partial charge in [-0.1, -0.05) is 0 Å². The third-order valence-electron chi connectivity index (χ3n) is 4.23. The number of rotatable bonds is 3. The average molecular weight is 267 g/mol. The maximum Gasteiger partial charge on any atom is 0.242 e. The molecule has 2 fully saturated rings. The van der Waals surface area contributed by atoms with Gasteiger partial charge in [0.2, 0.25) is 11.8 Å². The summed E-state index contributed by atoms with van der Waals surface area (Å²) in [4.78, 5) is 26.1. The lowest BCUT2D eigenvalue weighted by atomic mass is 9.94. The van der Waals surface area contributed by atoms with Crippen molar-refractivity contribution < 1.29 is 9.59 Å². The number of amides is 2. The third kappa shape index (κ3) is 3.69. The van der Waals surface area contributed by atoms with E-state index in [4.69, 9.17) is 0 Å². The molecule has 2 rings (SSSR count). The van der Waals surface area contributed by atoms with Gasteiger partial charge in [-0.05, 0) is 51.1 Å². The third-order valence-corrected chi connectivity index (χ3v) is 4.23. The van der Waals surface area contributed by atoms with Crippen LogP contribution in [0.1, 0.15) is 38.5 Å². The van der Waals surface area contributed by atoms with Crippen molar-refractivity contribution in [1.82, 2.24) is 15.5 Å². The van der Waals surface area contributed by atoms with Crippen molar-refractivity contribution in [3.63, 3.8) is 0 Å². The van der Waals surface area contributed by atoms with E-state index in [1.54, 1.807) is 11.9 Å². The maximum absolute atomic E-state index is 12.4. The number of likely N-dealkylation sites (N-methyl/N-ethyl adjacent to an activating group) is 1. The average Bonchev–Trinajstić information content (AvgIpc) is 2.47. The van der Waals surface area contributed by atoms with Crippen LogP contribution in [0.3, 0.4) is 0 Å². The van der Waals surface area contributed by atoms with E-state index in [9.17, 15) is 9.59 Å². The molecular formula is C14H25N3O2. The largest absolute Gasteiger partial charge is 0.357 e. The van der Waals surface area contributed by atoms with Crippen LogP contribution in [0.25, 0.3) is 0 Å². The minimum absolute atomic E-state index is 0.0187. The summed E-state index contributed by atoms with van der Waals surface area (Å²) in [5.74, 6) is 0.574. The van der Waals surface area contributed by atoms with Gasteiger partial charge in [0.25, 0.3) is 0 Å². The SMILES string of the molecule is CNC(=O)C1CCCCN1C(=O)CC1CCCNC1. The Morgan fingerprint density at radius 3 is 2.79 bits per heavy atom. The minimum atomic E-state index is -0.247. The van der Waals surface area contributed by atoms with Gasteiger partial charge in [-0.15, -0.1) is 0 Å². The van der Waals surface area contributed by atoms with Crippen LogP contribution in [-0.2, 0) is 9.59 Å². The van der Waals surface area contributed by atoms with Crippen LogP contribution in [0.5, 0.6) is 0 Å². The lowest BCUT2D eigenvalue weighted by molar-refractivity contribution is -0.142. The van der Waals surface area contributed by atoms with Crippen molar-refractivity contribution in [3.8, 4) is 0 Å². The molecule has 2 aliphatic rings. The molecule has 0 aromatic rings. The smallest absolute Gasteiger partial charge is 0.242 e. The second-order valence-electron chi connectivity index (χ2n) is 5.63. The molecule has 2 saturated heterocycles. The molecule has 2 unspecified atom stereocenters. The number of carbonyl (C=O) groups excluding carboxylic acids is 2. The van der Waals surface area contributed by atoms with Crippen molar-refractivity contribution in [2.75, 3.05) is 26.7 Å². The van der Waals surface area contributed by atoms with Crippen LogP contribution >= 0.6 is 0 Å². The van der Waals surface area contributed by atoms with E-state index < -0.39 is 0 Å². The Bertz CT molecular complexity index is 327. The van der Waals surface area contributed by atoms with Gasteiger partial charge in [-0.3, -0.25) is 9.59 Å². The monoisotopic (exact) mass is 267 g/mol. The van der Waals surface area contributed by atoms with Crippen LogP contribution in [0.4, 0.5) is 0 Å². The van der Waals surface area contributed by atoms with Gasteiger partial charge in [0.1, 0.15) is 6.04 Å². The summed E-state index contributed by atoms with van der Waals surface area (Å²) in [6, 6.07) is -0.247. The van der Waals surface area contributed by atoms with E-state index in [2.05, 4.69) is 10.6 Å². The van der Waals surface area contributed by atoms with Crippen LogP contribution in [0.15, 0.2) is 0 Å². The van der Waals surface area contributed by atoms with E-state index in [1.807, 2.05) is 0 Å². The Kier molecular flexibility index (Phi) is 5.19. The van der Waals surface area contributed by atoms with Crippen LogP contribution in [-0.4, -0.2) is 49.4 Å². The first-order chi connectivity index (χ1) is 9.22. The minimum Gasteiger partial charge on any atom is -0.357 e. The first-order valence-electron chi connectivity index (χ1n) is 7.44. The second kappa shape index (κ2) is 6.89. The molecule has 0 spiro atoms. The first-order valence-corrected chi connectivity index (χ1v) is 7.44. The number of nitrogens with zero attached hydrogens (tertiary/aromatic N) is 1. The van der Waals surface area contributed by atoms with Gasteiger partial charge in [0.05, 0.1) is 0 Å². The molecule has 5 nitrogen and oxygen atoms in total. The summed E-state index contributed by atoms with van der Waals surface area (Å²) in [5.41, 5.74) is 0. The van der Waals surface area contributed by atoms with E-state index in [-0.39, 0.29) is 17.9 Å². The van der Waals surface area contributed by atoms with E-state index in [0.29, 0.717) is 12.3 Å². The molecule has 2 heterocycles. The van der Waals surface area contributed by atoms with Gasteiger partial charge in [0.15, 0.2) is 0 Å². The Morgan fingerprint density at radius 2 is 2.11 bits per heavy atom. The maximum atomic E-state index is 12.4. The number of piperidine rings is 2. The Hall–Kier alpha value is -1.10. The standard InChI is InChI=1S/C14H25N3O2/c1-15-14(19)12-6-2-3-8-17(12)13(18)9-11-5-4-7-16-10-11/h11-12,16H,2-10H2,1H3,(H,15,19). The van der Waals surface area contributed by atoms with Gasteiger partial charge in [-0.2, -0.15) is 0 Å². The van der Waals surface area contributed by atoms with Gasteiger partial charge in [-0.25, -0.2) is 0 Å². The van der Waals surface area contributed by atoms with Crippen molar-refractivity contribution >= 4 is 11.8 Å². The molecule has 5 heteroatoms. The summed E-state index contributed by atoms with van der Waals surface area (Å²) < 4.78 is 0. The molecule has 19 heavy (non-hydrogen) atoms. The Morgan fingerprint density at radius 1 is 1.26 bits per heavy atom. The number of nitrogens with one attached hydrogen (secondary N) is 2. The normalized spacial score (nSPS) is 27.9. The number of hydrogen-bond acceptors (Lipinski definition) is 3. The van der Waals surface area contributed by atoms with E-state index in [0.717, 1.165) is 51.7 Å². The zero-order valence-corrected chi connectivity index (χ0v) is 11.8. The van der Waals surface area contributed by atoms with Crippen molar-refractivity contribution in [2.45, 2.75) is 44.6 Å². The van der Waals surface area contributed by atoms with Crippen LogP contribution in [0, 0.1) is 5.92 Å². The highest BCUT2D eigenvalue weighted by atomic mass is 16.2. The molecular weight excluding hydrogens is 242 g/mol. The zero-order valence-electron chi connectivity index (χ0n) is 11.8. The number of likely N-dealkylation sites (tertiary alicyclic amines) is 1. The van der Waals surface area contributed by atoms with Gasteiger partial charge in [0, 0.05) is 20.0 Å². The molecule has 2 aliphatic heterocycles. The Labute approximate surface area is 115 Å². The summed E-state index contributed by atoms with van der Waals surface area (Å²) in [6.45, 7) is 2.73. The van der Waals surface area contributed by atoms with Crippen LogP contribution < -0.4 is 10.6 Å². The molecule has 2 amide bonds. The van der Waals surface area contributed by atoms with Gasteiger partial charge >= 0.3 is 0 Å². The fraction of sp³-hybridized carbons (Fsp3) is 0.857. The summed E-state index contributed by atoms with van der Waals surface area (Å²) in [6.07, 6.45) is 5.71. The predicted octanol–water partition coefficient (Wildman–Crippen LogP) is 0.503. The lowest BCUT2D eigenvalue weighted by Gasteiger charge is -2.35. The van der Waals surface area contributed by atoms with Crippen molar-refractivity contribution in [2.24, 2.45) is 5.92 Å². The first kappa shape index (κ1) is 14.3. The number of hydrogen-bond donors (Lipinski definition) is 2. The summed E-state index contributed by atoms with van der Waals surface area (Å²) in [7, 11) is 1.64. The molecule has 0 aromatic heterocycles. The van der Waals surface area contributed by atoms with Crippen LogP contribution in [0.2, 0.25) is 0 Å². The lowest BCUT2D eigenvalue weighted by Crippen LogP contribution is -2.51. The highest BCUT2D eigenvalue weighted by Gasteiger charge is 2.32. The summed E-state index contributed by atoms with van der Waals surface area (Å²) >= 11 is 0. The topological polar surface area (TPSA) is 61.4 Å². The quantitative estimate of drug-likeness (QED) is 0.783. The van der Waals surface area contributed by atoms with E-state index >= 15 is 0 Å². The fourth-order valence-corrected chi connectivity index (χ4v) is 3.13. The summed E-state index contributed by atoms with van der Waals surface area (Å²) in [5, 5.41) is 6.02. The van der Waals surface area contributed by atoms with E-state index in [1.165, 1.54) is 0 Å². The molecule has 0 aliphatic carbocycles. The Balaban J connectivity index is 1.92. The molecule has 0 saturated carbocycles. The molecule has 0 bridgehead atoms. The van der Waals surface area contributed by atoms with Crippen molar-refractivity contribution in [3.05, 3.63) is 0 Å². The zero-order chi connectivity index (χ0) is 13.7. The molecule has 0 radical (unpaired) electrons. The molecule has 108 valence electrons. The highest BCUT2D eigenvalue weighted by molar-refractivity contribution is 5.87. The molecule has 2 N–H and O–H groups in total. The molecule has 0 aromatic carbocycles. The van der Waals surface area contributed by atoms with Gasteiger partial charge < -0.3 is 15.5 Å². The van der Waals surface area contributed by atoms with Crippen molar-refractivity contribution in [1.29, 1.82) is 0 Å². The predicted molar refractivity (Wildman–Crippen MR) is 73.6 cm³/mol. The second-order valence-corrected chi connectivity index (χ2v) is 5.63. The highest BCUT2D eigenvalue weighted by Crippen LogP contribution is 2.21.